The average Bonchev–Trinajstić information content (AvgIpc) is 3.03. The van der Waals surface area contributed by atoms with Gasteiger partial charge < -0.3 is 9.73 Å². The Labute approximate surface area is 196 Å². The SMILES string of the molecule is C1CCCCC1.CNC(=O)c1c(-c2ccc(F)cc2)oc2ccc(C3CCCCCC3)cc12. The van der Waals surface area contributed by atoms with E-state index in [0.29, 0.717) is 28.4 Å². The molecule has 1 aromatic heterocycles. The number of carbonyl (C=O) groups is 1. The minimum absolute atomic E-state index is 0.189. The van der Waals surface area contributed by atoms with Crippen molar-refractivity contribution < 1.29 is 13.6 Å². The second kappa shape index (κ2) is 11.5. The van der Waals surface area contributed by atoms with Gasteiger partial charge in [0.2, 0.25) is 0 Å². The van der Waals surface area contributed by atoms with Gasteiger partial charge in [0.1, 0.15) is 17.2 Å². The largest absolute Gasteiger partial charge is 0.455 e. The Balaban J connectivity index is 0.000000376. The van der Waals surface area contributed by atoms with Crippen LogP contribution in [0.4, 0.5) is 4.39 Å². The molecule has 0 atom stereocenters. The van der Waals surface area contributed by atoms with Gasteiger partial charge >= 0.3 is 0 Å². The van der Waals surface area contributed by atoms with Crippen LogP contribution in [-0.2, 0) is 0 Å². The topological polar surface area (TPSA) is 42.2 Å². The molecule has 0 saturated heterocycles. The smallest absolute Gasteiger partial charge is 0.255 e. The van der Waals surface area contributed by atoms with E-state index in [0.717, 1.165) is 5.39 Å². The van der Waals surface area contributed by atoms with Crippen LogP contribution in [0, 0.1) is 5.82 Å². The number of fused-ring (bicyclic) bond motifs is 1. The van der Waals surface area contributed by atoms with E-state index >= 15 is 0 Å². The van der Waals surface area contributed by atoms with Gasteiger partial charge in [0.15, 0.2) is 0 Å². The predicted molar refractivity (Wildman–Crippen MR) is 133 cm³/mol. The molecule has 2 saturated carbocycles. The molecule has 0 radical (unpaired) electrons. The molecule has 3 aromatic rings. The summed E-state index contributed by atoms with van der Waals surface area (Å²) < 4.78 is 19.3. The number of furan rings is 1. The number of hydrogen-bond donors (Lipinski definition) is 1. The molecule has 0 unspecified atom stereocenters. The Hall–Kier alpha value is -2.62. The standard InChI is InChI=1S/C23H24FNO2.C6H12/c1-25-23(26)21-19-14-17(15-6-4-2-3-5-7-15)10-13-20(19)27-22(21)16-8-11-18(24)12-9-16;1-2-4-6-5-3-1/h8-15H,2-7H2,1H3,(H,25,26);1-6H2. The highest BCUT2D eigenvalue weighted by atomic mass is 19.1. The predicted octanol–water partition coefficient (Wildman–Crippen LogP) is 8.38. The summed E-state index contributed by atoms with van der Waals surface area (Å²) in [5, 5.41) is 3.55. The van der Waals surface area contributed by atoms with Crippen molar-refractivity contribution >= 4 is 16.9 Å². The van der Waals surface area contributed by atoms with E-state index in [2.05, 4.69) is 17.4 Å². The van der Waals surface area contributed by atoms with E-state index < -0.39 is 0 Å². The molecule has 0 aliphatic heterocycles. The molecule has 0 bridgehead atoms. The highest BCUT2D eigenvalue weighted by molar-refractivity contribution is 6.11. The average molecular weight is 450 g/mol. The summed E-state index contributed by atoms with van der Waals surface area (Å²) in [6, 6.07) is 12.3. The van der Waals surface area contributed by atoms with Crippen LogP contribution in [0.3, 0.4) is 0 Å². The van der Waals surface area contributed by atoms with Gasteiger partial charge in [0.25, 0.3) is 5.91 Å². The van der Waals surface area contributed by atoms with E-state index in [-0.39, 0.29) is 11.7 Å². The Kier molecular flexibility index (Phi) is 8.20. The van der Waals surface area contributed by atoms with Gasteiger partial charge in [-0.1, -0.05) is 70.3 Å². The van der Waals surface area contributed by atoms with Crippen molar-refractivity contribution in [2.75, 3.05) is 7.05 Å². The molecule has 2 aliphatic carbocycles. The third-order valence-corrected chi connectivity index (χ3v) is 7.10. The molecule has 2 fully saturated rings. The van der Waals surface area contributed by atoms with Crippen LogP contribution in [0.15, 0.2) is 46.9 Å². The molecule has 4 heteroatoms. The first kappa shape index (κ1) is 23.5. The molecule has 5 rings (SSSR count). The highest BCUT2D eigenvalue weighted by Crippen LogP contribution is 2.38. The normalized spacial score (nSPS) is 17.2. The molecule has 0 spiro atoms. The van der Waals surface area contributed by atoms with Crippen molar-refractivity contribution in [3.05, 3.63) is 59.4 Å². The fraction of sp³-hybridized carbons (Fsp3) is 0.483. The second-order valence-electron chi connectivity index (χ2n) is 9.46. The van der Waals surface area contributed by atoms with Crippen molar-refractivity contribution in [1.29, 1.82) is 0 Å². The molecular formula is C29H36FNO2. The van der Waals surface area contributed by atoms with Crippen LogP contribution in [0.2, 0.25) is 0 Å². The van der Waals surface area contributed by atoms with E-state index in [1.807, 2.05) is 6.07 Å². The van der Waals surface area contributed by atoms with Crippen LogP contribution in [0.25, 0.3) is 22.3 Å². The number of benzene rings is 2. The molecule has 1 heterocycles. The molecule has 1 N–H and O–H groups in total. The summed E-state index contributed by atoms with van der Waals surface area (Å²) >= 11 is 0. The molecule has 3 nitrogen and oxygen atoms in total. The first-order valence-corrected chi connectivity index (χ1v) is 12.7. The number of carbonyl (C=O) groups excluding carboxylic acids is 1. The number of nitrogens with one attached hydrogen (secondary N) is 1. The summed E-state index contributed by atoms with van der Waals surface area (Å²) in [5.74, 6) is 0.527. The Morgan fingerprint density at radius 3 is 2.00 bits per heavy atom. The Morgan fingerprint density at radius 1 is 0.848 bits per heavy atom. The minimum Gasteiger partial charge on any atom is -0.455 e. The van der Waals surface area contributed by atoms with Crippen molar-refractivity contribution in [3.63, 3.8) is 0 Å². The quantitative estimate of drug-likeness (QED) is 0.408. The Morgan fingerprint density at radius 2 is 1.42 bits per heavy atom. The third-order valence-electron chi connectivity index (χ3n) is 7.10. The molecule has 176 valence electrons. The van der Waals surface area contributed by atoms with Crippen molar-refractivity contribution in [1.82, 2.24) is 5.32 Å². The van der Waals surface area contributed by atoms with E-state index in [1.54, 1.807) is 19.2 Å². The van der Waals surface area contributed by atoms with Crippen molar-refractivity contribution in [2.45, 2.75) is 83.0 Å². The Bertz CT molecular complexity index is 1030. The zero-order chi connectivity index (χ0) is 23.0. The number of amides is 1. The summed E-state index contributed by atoms with van der Waals surface area (Å²) in [4.78, 5) is 12.6. The third kappa shape index (κ3) is 5.85. The van der Waals surface area contributed by atoms with Crippen LogP contribution in [0.5, 0.6) is 0 Å². The first-order chi connectivity index (χ1) is 16.2. The maximum atomic E-state index is 13.3. The lowest BCUT2D eigenvalue weighted by atomic mass is 9.90. The van der Waals surface area contributed by atoms with Crippen LogP contribution >= 0.6 is 0 Å². The first-order valence-electron chi connectivity index (χ1n) is 12.7. The molecular weight excluding hydrogens is 413 g/mol. The van der Waals surface area contributed by atoms with Crippen molar-refractivity contribution in [3.8, 4) is 11.3 Å². The maximum absolute atomic E-state index is 13.3. The highest BCUT2D eigenvalue weighted by Gasteiger charge is 2.23. The van der Waals surface area contributed by atoms with Gasteiger partial charge in [-0.2, -0.15) is 0 Å². The summed E-state index contributed by atoms with van der Waals surface area (Å²) in [7, 11) is 1.62. The zero-order valence-corrected chi connectivity index (χ0v) is 19.8. The van der Waals surface area contributed by atoms with Crippen LogP contribution < -0.4 is 5.32 Å². The molecule has 33 heavy (non-hydrogen) atoms. The van der Waals surface area contributed by atoms with E-state index in [4.69, 9.17) is 4.42 Å². The summed E-state index contributed by atoms with van der Waals surface area (Å²) in [6.07, 6.45) is 16.5. The van der Waals surface area contributed by atoms with Gasteiger partial charge in [-0.15, -0.1) is 0 Å². The number of halogens is 1. The fourth-order valence-corrected chi connectivity index (χ4v) is 5.20. The van der Waals surface area contributed by atoms with Crippen LogP contribution in [0.1, 0.15) is 98.9 Å². The maximum Gasteiger partial charge on any atom is 0.255 e. The lowest BCUT2D eigenvalue weighted by Gasteiger charge is -2.14. The monoisotopic (exact) mass is 449 g/mol. The summed E-state index contributed by atoms with van der Waals surface area (Å²) in [6.45, 7) is 0. The zero-order valence-electron chi connectivity index (χ0n) is 19.8. The number of hydrogen-bond acceptors (Lipinski definition) is 2. The van der Waals surface area contributed by atoms with Gasteiger partial charge in [-0.05, 0) is 60.7 Å². The lowest BCUT2D eigenvalue weighted by Crippen LogP contribution is -2.18. The molecule has 2 aromatic carbocycles. The van der Waals surface area contributed by atoms with E-state index in [1.165, 1.54) is 94.7 Å². The van der Waals surface area contributed by atoms with Gasteiger partial charge in [0, 0.05) is 18.0 Å². The molecule has 2 aliphatic rings. The van der Waals surface area contributed by atoms with E-state index in [9.17, 15) is 9.18 Å². The number of rotatable bonds is 3. The second-order valence-corrected chi connectivity index (χ2v) is 9.46. The van der Waals surface area contributed by atoms with Gasteiger partial charge in [-0.25, -0.2) is 4.39 Å². The molecule has 1 amide bonds. The van der Waals surface area contributed by atoms with Gasteiger partial charge in [-0.3, -0.25) is 4.79 Å². The minimum atomic E-state index is -0.313. The fourth-order valence-electron chi connectivity index (χ4n) is 5.20. The van der Waals surface area contributed by atoms with Crippen molar-refractivity contribution in [2.24, 2.45) is 0 Å². The van der Waals surface area contributed by atoms with Crippen LogP contribution in [-0.4, -0.2) is 13.0 Å². The lowest BCUT2D eigenvalue weighted by molar-refractivity contribution is 0.0964. The summed E-state index contributed by atoms with van der Waals surface area (Å²) in [5.41, 5.74) is 3.18. The van der Waals surface area contributed by atoms with Gasteiger partial charge in [0.05, 0.1) is 5.56 Å².